The summed E-state index contributed by atoms with van der Waals surface area (Å²) in [5.41, 5.74) is 5.75. The number of unbranched alkanes of at least 4 members (excludes halogenated alkanes) is 9. The zero-order chi connectivity index (χ0) is 24.8. The lowest BCUT2D eigenvalue weighted by Gasteiger charge is -2.05. The third-order valence-electron chi connectivity index (χ3n) is 6.47. The minimum Gasteiger partial charge on any atom is -0.266 e. The maximum atomic E-state index is 11.9. The van der Waals surface area contributed by atoms with Crippen LogP contribution in [-0.2, 0) is 20.7 Å². The van der Waals surface area contributed by atoms with Crippen LogP contribution in [0.4, 0.5) is 0 Å². The number of hydrogen-bond acceptors (Lipinski definition) is 3. The summed E-state index contributed by atoms with van der Waals surface area (Å²) in [5, 5.41) is 0. The molecule has 1 aliphatic carbocycles. The first kappa shape index (κ1) is 27.2. The summed E-state index contributed by atoms with van der Waals surface area (Å²) in [6.07, 6.45) is 13.4. The summed E-state index contributed by atoms with van der Waals surface area (Å²) in [5.74, 6) is 0. The largest absolute Gasteiger partial charge is 0.296 e. The van der Waals surface area contributed by atoms with E-state index < -0.39 is 10.1 Å². The molecule has 4 heteroatoms. The van der Waals surface area contributed by atoms with Crippen molar-refractivity contribution in [1.82, 2.24) is 0 Å². The second-order valence-electron chi connectivity index (χ2n) is 9.26. The Morgan fingerprint density at radius 1 is 0.600 bits per heavy atom. The van der Waals surface area contributed by atoms with Crippen LogP contribution in [0.5, 0.6) is 0 Å². The van der Waals surface area contributed by atoms with E-state index in [9.17, 15) is 8.42 Å². The third kappa shape index (κ3) is 8.94. The third-order valence-corrected chi connectivity index (χ3v) is 7.80. The second-order valence-corrected chi connectivity index (χ2v) is 10.9. The fourth-order valence-corrected chi connectivity index (χ4v) is 5.46. The van der Waals surface area contributed by atoms with Crippen LogP contribution in [0.2, 0.25) is 0 Å². The molecule has 0 spiro atoms. The lowest BCUT2D eigenvalue weighted by atomic mass is 10.1. The Kier molecular flexibility index (Phi) is 11.5. The fraction of sp³-hybridized carbons (Fsp3) is 0.419. The molecule has 0 N–H and O–H groups in total. The summed E-state index contributed by atoms with van der Waals surface area (Å²) in [6.45, 7) is 2.52. The zero-order valence-electron chi connectivity index (χ0n) is 21.1. The molecule has 0 aromatic heterocycles. The molecule has 35 heavy (non-hydrogen) atoms. The van der Waals surface area contributed by atoms with Crippen molar-refractivity contribution in [3.8, 4) is 11.1 Å². The molecule has 0 atom stereocenters. The molecule has 1 aliphatic rings. The maximum Gasteiger partial charge on any atom is 0.296 e. The van der Waals surface area contributed by atoms with Gasteiger partial charge in [-0.1, -0.05) is 131 Å². The average Bonchev–Trinajstić information content (AvgIpc) is 3.27. The fourth-order valence-electron chi connectivity index (χ4n) is 4.49. The van der Waals surface area contributed by atoms with Crippen LogP contribution in [0, 0.1) is 0 Å². The molecule has 188 valence electrons. The van der Waals surface area contributed by atoms with E-state index in [1.54, 1.807) is 30.3 Å². The molecule has 0 fully saturated rings. The van der Waals surface area contributed by atoms with Gasteiger partial charge in [0.2, 0.25) is 0 Å². The van der Waals surface area contributed by atoms with E-state index in [-0.39, 0.29) is 11.5 Å². The Balaban J connectivity index is 0.000000220. The van der Waals surface area contributed by atoms with Gasteiger partial charge in [-0.3, -0.25) is 4.18 Å². The van der Waals surface area contributed by atoms with E-state index in [1.165, 1.54) is 73.6 Å². The number of hydrogen-bond donors (Lipinski definition) is 0. The van der Waals surface area contributed by atoms with Crippen molar-refractivity contribution in [2.75, 3.05) is 6.61 Å². The molecule has 0 aliphatic heterocycles. The first-order valence-corrected chi connectivity index (χ1v) is 14.6. The van der Waals surface area contributed by atoms with Crippen LogP contribution in [0.25, 0.3) is 11.1 Å². The average molecular weight is 493 g/mol. The van der Waals surface area contributed by atoms with Crippen molar-refractivity contribution in [2.24, 2.45) is 0 Å². The number of fused-ring (bicyclic) bond motifs is 3. The molecule has 0 radical (unpaired) electrons. The van der Waals surface area contributed by atoms with Gasteiger partial charge in [-0.05, 0) is 47.2 Å². The van der Waals surface area contributed by atoms with Crippen LogP contribution in [0.1, 0.15) is 82.3 Å². The summed E-state index contributed by atoms with van der Waals surface area (Å²) in [6, 6.07) is 25.6. The summed E-state index contributed by atoms with van der Waals surface area (Å²) < 4.78 is 28.8. The zero-order valence-corrected chi connectivity index (χ0v) is 21.9. The Hall–Kier alpha value is -2.43. The minimum atomic E-state index is -3.57. The molecule has 0 unspecified atom stereocenters. The molecule has 0 heterocycles. The van der Waals surface area contributed by atoms with Crippen molar-refractivity contribution >= 4 is 10.1 Å². The Morgan fingerprint density at radius 3 is 1.60 bits per heavy atom. The van der Waals surface area contributed by atoms with Gasteiger partial charge in [0.15, 0.2) is 0 Å². The molecule has 3 nitrogen and oxygen atoms in total. The van der Waals surface area contributed by atoms with Crippen molar-refractivity contribution in [3.63, 3.8) is 0 Å². The van der Waals surface area contributed by atoms with E-state index in [0.717, 1.165) is 19.3 Å². The van der Waals surface area contributed by atoms with Gasteiger partial charge in [-0.25, -0.2) is 0 Å². The highest BCUT2D eigenvalue weighted by Crippen LogP contribution is 2.35. The highest BCUT2D eigenvalue weighted by molar-refractivity contribution is 7.86. The van der Waals surface area contributed by atoms with Gasteiger partial charge in [-0.15, -0.1) is 0 Å². The Bertz CT molecular complexity index is 1060. The second kappa shape index (κ2) is 14.9. The number of rotatable bonds is 13. The van der Waals surface area contributed by atoms with E-state index >= 15 is 0 Å². The topological polar surface area (TPSA) is 43.4 Å². The first-order valence-electron chi connectivity index (χ1n) is 13.2. The SMILES string of the molecule is CCCCCCCCCCCCOS(=O)(=O)c1ccccc1.c1ccc2c(c1)Cc1ccccc1-2. The van der Waals surface area contributed by atoms with Crippen LogP contribution < -0.4 is 0 Å². The van der Waals surface area contributed by atoms with Crippen LogP contribution in [-0.4, -0.2) is 15.0 Å². The standard InChI is InChI=1S/C18H30O3S.C13H10/c1-2-3-4-5-6-7-8-9-10-14-17-21-22(19,20)18-15-12-11-13-16-18;1-3-7-12-10(5-1)9-11-6-2-4-8-13(11)12/h11-13,15-16H,2-10,14,17H2,1H3;1-8H,9H2. The lowest BCUT2D eigenvalue weighted by Crippen LogP contribution is -2.07. The predicted octanol–water partition coefficient (Wildman–Crippen LogP) is 8.57. The highest BCUT2D eigenvalue weighted by atomic mass is 32.2. The van der Waals surface area contributed by atoms with E-state index in [2.05, 4.69) is 55.5 Å². The molecule has 0 saturated heterocycles. The quantitative estimate of drug-likeness (QED) is 0.139. The molecule has 4 rings (SSSR count). The maximum absolute atomic E-state index is 11.9. The molecular formula is C31H40O3S. The monoisotopic (exact) mass is 492 g/mol. The van der Waals surface area contributed by atoms with E-state index in [1.807, 2.05) is 0 Å². The van der Waals surface area contributed by atoms with Gasteiger partial charge in [0.25, 0.3) is 10.1 Å². The summed E-state index contributed by atoms with van der Waals surface area (Å²) >= 11 is 0. The van der Waals surface area contributed by atoms with Crippen LogP contribution in [0.3, 0.4) is 0 Å². The molecule has 0 saturated carbocycles. The molecule has 3 aromatic rings. The minimum absolute atomic E-state index is 0.238. The van der Waals surface area contributed by atoms with Crippen LogP contribution >= 0.6 is 0 Å². The van der Waals surface area contributed by atoms with Gasteiger partial charge in [0.1, 0.15) is 0 Å². The van der Waals surface area contributed by atoms with Gasteiger partial charge in [-0.2, -0.15) is 8.42 Å². The van der Waals surface area contributed by atoms with Crippen molar-refractivity contribution < 1.29 is 12.6 Å². The van der Waals surface area contributed by atoms with Crippen LogP contribution in [0.15, 0.2) is 83.8 Å². The summed E-state index contributed by atoms with van der Waals surface area (Å²) in [4.78, 5) is 0.238. The van der Waals surface area contributed by atoms with Crippen molar-refractivity contribution in [3.05, 3.63) is 90.0 Å². The smallest absolute Gasteiger partial charge is 0.266 e. The van der Waals surface area contributed by atoms with Crippen molar-refractivity contribution in [2.45, 2.75) is 82.4 Å². The van der Waals surface area contributed by atoms with Gasteiger partial charge in [0.05, 0.1) is 11.5 Å². The Morgan fingerprint density at radius 2 is 1.06 bits per heavy atom. The highest BCUT2D eigenvalue weighted by Gasteiger charge is 2.16. The van der Waals surface area contributed by atoms with E-state index in [0.29, 0.717) is 0 Å². The normalized spacial score (nSPS) is 11.9. The molecule has 0 bridgehead atoms. The molecule has 3 aromatic carbocycles. The van der Waals surface area contributed by atoms with Gasteiger partial charge in [0, 0.05) is 0 Å². The number of benzene rings is 3. The first-order chi connectivity index (χ1) is 17.1. The van der Waals surface area contributed by atoms with Gasteiger partial charge < -0.3 is 0 Å². The Labute approximate surface area is 212 Å². The molecule has 0 amide bonds. The van der Waals surface area contributed by atoms with Gasteiger partial charge >= 0.3 is 0 Å². The molecular weight excluding hydrogens is 452 g/mol. The predicted molar refractivity (Wildman–Crippen MR) is 146 cm³/mol. The van der Waals surface area contributed by atoms with E-state index in [4.69, 9.17) is 4.18 Å². The van der Waals surface area contributed by atoms with Crippen molar-refractivity contribution in [1.29, 1.82) is 0 Å². The lowest BCUT2D eigenvalue weighted by molar-refractivity contribution is 0.306. The summed E-state index contributed by atoms with van der Waals surface area (Å²) in [7, 11) is -3.57.